The van der Waals surface area contributed by atoms with Crippen molar-refractivity contribution in [2.24, 2.45) is 5.92 Å². The summed E-state index contributed by atoms with van der Waals surface area (Å²) in [4.78, 5) is 12.7. The van der Waals surface area contributed by atoms with Gasteiger partial charge < -0.3 is 9.84 Å². The molecule has 1 fully saturated rings. The summed E-state index contributed by atoms with van der Waals surface area (Å²) in [5.74, 6) is -2.14. The number of piperidine rings is 1. The summed E-state index contributed by atoms with van der Waals surface area (Å²) >= 11 is 0. The van der Waals surface area contributed by atoms with Crippen molar-refractivity contribution in [1.29, 1.82) is 0 Å². The van der Waals surface area contributed by atoms with Crippen molar-refractivity contribution < 1.29 is 27.8 Å². The van der Waals surface area contributed by atoms with E-state index in [1.54, 1.807) is 17.0 Å². The number of rotatable bonds is 5. The fraction of sp³-hybridized carbons (Fsp3) is 0.533. The zero-order valence-electron chi connectivity index (χ0n) is 12.0. The first-order valence-electron chi connectivity index (χ1n) is 7.12. The van der Waals surface area contributed by atoms with Gasteiger partial charge in [-0.3, -0.25) is 4.90 Å². The van der Waals surface area contributed by atoms with Gasteiger partial charge in [0.1, 0.15) is 17.9 Å². The minimum absolute atomic E-state index is 0.0204. The van der Waals surface area contributed by atoms with Crippen molar-refractivity contribution in [3.8, 4) is 5.75 Å². The average Bonchev–Trinajstić information content (AvgIpc) is 2.47. The molecule has 0 aliphatic carbocycles. The summed E-state index contributed by atoms with van der Waals surface area (Å²) in [6.45, 7) is 1.10. The molecule has 1 aromatic carbocycles. The van der Waals surface area contributed by atoms with Crippen LogP contribution in [-0.4, -0.2) is 48.4 Å². The maximum Gasteiger partial charge on any atom is 0.393 e. The van der Waals surface area contributed by atoms with Crippen LogP contribution >= 0.6 is 0 Å². The second kappa shape index (κ2) is 7.00. The van der Waals surface area contributed by atoms with E-state index in [9.17, 15) is 18.0 Å². The van der Waals surface area contributed by atoms with Gasteiger partial charge in [-0.25, -0.2) is 4.79 Å². The number of carboxylic acid groups (broad SMARTS) is 1. The molecule has 0 unspecified atom stereocenters. The summed E-state index contributed by atoms with van der Waals surface area (Å²) < 4.78 is 43.6. The molecule has 1 aliphatic heterocycles. The fourth-order valence-electron chi connectivity index (χ4n) is 2.58. The third kappa shape index (κ3) is 4.37. The number of nitrogens with zero attached hydrogens (tertiary/aromatic N) is 1. The lowest BCUT2D eigenvalue weighted by Crippen LogP contribution is -2.43. The van der Waals surface area contributed by atoms with E-state index in [0.29, 0.717) is 19.5 Å². The summed E-state index contributed by atoms with van der Waals surface area (Å²) in [5, 5.41) is 9.02. The van der Waals surface area contributed by atoms with Gasteiger partial charge in [-0.05, 0) is 31.5 Å². The topological polar surface area (TPSA) is 49.8 Å². The zero-order valence-corrected chi connectivity index (χ0v) is 12.0. The quantitative estimate of drug-likeness (QED) is 0.907. The van der Waals surface area contributed by atoms with Gasteiger partial charge in [0, 0.05) is 13.1 Å². The normalized spacial score (nSPS) is 19.9. The predicted molar refractivity (Wildman–Crippen MR) is 74.1 cm³/mol. The van der Waals surface area contributed by atoms with Crippen LogP contribution in [0.4, 0.5) is 13.2 Å². The molecule has 0 amide bonds. The molecule has 1 N–H and O–H groups in total. The standard InChI is InChI=1S/C15H18F3NO3/c16-15(17,18)11-4-3-7-19(10-11)8-9-22-13-6-2-1-5-12(13)14(20)21/h1-2,5-6,11H,3-4,7-10H2,(H,20,21)/t11-/m1/s1. The van der Waals surface area contributed by atoms with E-state index < -0.39 is 18.1 Å². The largest absolute Gasteiger partial charge is 0.491 e. The first kappa shape index (κ1) is 16.6. The molecule has 0 radical (unpaired) electrons. The van der Waals surface area contributed by atoms with Crippen molar-refractivity contribution in [2.75, 3.05) is 26.2 Å². The van der Waals surface area contributed by atoms with Crippen LogP contribution in [0.5, 0.6) is 5.75 Å². The molecule has 1 atom stereocenters. The molecule has 1 aliphatic rings. The van der Waals surface area contributed by atoms with Crippen LogP contribution < -0.4 is 4.74 Å². The summed E-state index contributed by atoms with van der Waals surface area (Å²) in [6, 6.07) is 6.22. The highest BCUT2D eigenvalue weighted by molar-refractivity contribution is 5.90. The van der Waals surface area contributed by atoms with Gasteiger partial charge in [-0.2, -0.15) is 13.2 Å². The van der Waals surface area contributed by atoms with Gasteiger partial charge in [0.05, 0.1) is 5.92 Å². The minimum atomic E-state index is -4.16. The molecule has 0 saturated carbocycles. The SMILES string of the molecule is O=C(O)c1ccccc1OCCN1CCC[C@@H](C(F)(F)F)C1. The lowest BCUT2D eigenvalue weighted by molar-refractivity contribution is -0.186. The molecule has 1 aromatic rings. The number of likely N-dealkylation sites (tertiary alicyclic amines) is 1. The number of ether oxygens (including phenoxy) is 1. The minimum Gasteiger partial charge on any atom is -0.491 e. The first-order chi connectivity index (χ1) is 10.4. The van der Waals surface area contributed by atoms with Crippen LogP contribution in [-0.2, 0) is 0 Å². The molecule has 7 heteroatoms. The van der Waals surface area contributed by atoms with E-state index in [4.69, 9.17) is 9.84 Å². The van der Waals surface area contributed by atoms with Gasteiger partial charge in [-0.15, -0.1) is 0 Å². The number of halogens is 3. The molecule has 1 saturated heterocycles. The van der Waals surface area contributed by atoms with Crippen molar-refractivity contribution in [2.45, 2.75) is 19.0 Å². The third-order valence-corrected chi connectivity index (χ3v) is 3.75. The molecule has 122 valence electrons. The molecule has 0 spiro atoms. The Hall–Kier alpha value is -1.76. The Kier molecular flexibility index (Phi) is 5.28. The van der Waals surface area contributed by atoms with Gasteiger partial charge in [0.25, 0.3) is 0 Å². The maximum absolute atomic E-state index is 12.7. The Bertz CT molecular complexity index is 519. The highest BCUT2D eigenvalue weighted by Crippen LogP contribution is 2.32. The van der Waals surface area contributed by atoms with Gasteiger partial charge in [0.15, 0.2) is 0 Å². The number of alkyl halides is 3. The molecular weight excluding hydrogens is 299 g/mol. The molecule has 22 heavy (non-hydrogen) atoms. The predicted octanol–water partition coefficient (Wildman–Crippen LogP) is 3.04. The fourth-order valence-corrected chi connectivity index (χ4v) is 2.58. The van der Waals surface area contributed by atoms with Crippen LogP contribution in [0.1, 0.15) is 23.2 Å². The molecule has 2 rings (SSSR count). The third-order valence-electron chi connectivity index (χ3n) is 3.75. The van der Waals surface area contributed by atoms with Crippen LogP contribution in [0.2, 0.25) is 0 Å². The van der Waals surface area contributed by atoms with E-state index in [1.807, 2.05) is 0 Å². The lowest BCUT2D eigenvalue weighted by Gasteiger charge is -2.33. The van der Waals surface area contributed by atoms with Crippen LogP contribution in [0.15, 0.2) is 24.3 Å². The number of benzene rings is 1. The number of para-hydroxylation sites is 1. The van der Waals surface area contributed by atoms with E-state index in [1.165, 1.54) is 12.1 Å². The van der Waals surface area contributed by atoms with Crippen LogP contribution in [0, 0.1) is 5.92 Å². The number of hydrogen-bond acceptors (Lipinski definition) is 3. The van der Waals surface area contributed by atoms with E-state index in [-0.39, 0.29) is 30.9 Å². The van der Waals surface area contributed by atoms with Crippen molar-refractivity contribution >= 4 is 5.97 Å². The maximum atomic E-state index is 12.7. The zero-order chi connectivity index (χ0) is 16.2. The van der Waals surface area contributed by atoms with E-state index in [0.717, 1.165) is 0 Å². The lowest BCUT2D eigenvalue weighted by atomic mass is 9.98. The molecule has 4 nitrogen and oxygen atoms in total. The van der Waals surface area contributed by atoms with Crippen molar-refractivity contribution in [3.05, 3.63) is 29.8 Å². The van der Waals surface area contributed by atoms with Crippen LogP contribution in [0.25, 0.3) is 0 Å². The van der Waals surface area contributed by atoms with E-state index in [2.05, 4.69) is 0 Å². The Labute approximate surface area is 126 Å². The van der Waals surface area contributed by atoms with Gasteiger partial charge in [-0.1, -0.05) is 12.1 Å². The first-order valence-corrected chi connectivity index (χ1v) is 7.12. The second-order valence-corrected chi connectivity index (χ2v) is 5.33. The molecule has 1 heterocycles. The number of carbonyl (C=O) groups is 1. The summed E-state index contributed by atoms with van der Waals surface area (Å²) in [7, 11) is 0. The summed E-state index contributed by atoms with van der Waals surface area (Å²) in [5.41, 5.74) is 0.0503. The molecule has 0 bridgehead atoms. The smallest absolute Gasteiger partial charge is 0.393 e. The average molecular weight is 317 g/mol. The summed E-state index contributed by atoms with van der Waals surface area (Å²) in [6.07, 6.45) is -3.48. The van der Waals surface area contributed by atoms with Gasteiger partial charge >= 0.3 is 12.1 Å². The Morgan fingerprint density at radius 1 is 1.36 bits per heavy atom. The monoisotopic (exact) mass is 317 g/mol. The highest BCUT2D eigenvalue weighted by atomic mass is 19.4. The van der Waals surface area contributed by atoms with Crippen molar-refractivity contribution in [1.82, 2.24) is 4.90 Å². The number of carboxylic acids is 1. The highest BCUT2D eigenvalue weighted by Gasteiger charge is 2.41. The number of hydrogen-bond donors (Lipinski definition) is 1. The van der Waals surface area contributed by atoms with Crippen LogP contribution in [0.3, 0.4) is 0 Å². The Balaban J connectivity index is 1.85. The van der Waals surface area contributed by atoms with Crippen molar-refractivity contribution in [3.63, 3.8) is 0 Å². The Morgan fingerprint density at radius 3 is 2.77 bits per heavy atom. The van der Waals surface area contributed by atoms with Gasteiger partial charge in [0.2, 0.25) is 0 Å². The Morgan fingerprint density at radius 2 is 2.09 bits per heavy atom. The molecule has 0 aromatic heterocycles. The second-order valence-electron chi connectivity index (χ2n) is 5.33. The molecular formula is C15H18F3NO3. The van der Waals surface area contributed by atoms with E-state index >= 15 is 0 Å². The number of aromatic carboxylic acids is 1.